The molecule has 196 valence electrons. The maximum absolute atomic E-state index is 13.3. The number of benzene rings is 1. The van der Waals surface area contributed by atoms with E-state index in [0.717, 1.165) is 13.1 Å². The molecule has 1 aromatic rings. The van der Waals surface area contributed by atoms with E-state index in [9.17, 15) is 9.59 Å². The number of methoxy groups -OCH3 is 2. The second-order valence-corrected chi connectivity index (χ2v) is 10.2. The molecule has 3 atom stereocenters. The molecular formula is C27H43N3O5. The molecule has 35 heavy (non-hydrogen) atoms. The number of hydrogen-bond donors (Lipinski definition) is 1. The molecule has 1 fully saturated rings. The molecule has 0 spiro atoms. The molecule has 0 bridgehead atoms. The topological polar surface area (TPSA) is 80.3 Å². The first kappa shape index (κ1) is 27.4. The van der Waals surface area contributed by atoms with Crippen LogP contribution in [0.1, 0.15) is 56.3 Å². The number of nitrogens with zero attached hydrogens (tertiary/aromatic N) is 2. The van der Waals surface area contributed by atoms with Gasteiger partial charge >= 0.3 is 0 Å². The molecule has 1 aliphatic heterocycles. The highest BCUT2D eigenvalue weighted by Gasteiger charge is 2.29. The van der Waals surface area contributed by atoms with Crippen LogP contribution in [-0.4, -0.2) is 87.9 Å². The van der Waals surface area contributed by atoms with Gasteiger partial charge in [0.15, 0.2) is 0 Å². The predicted octanol–water partition coefficient (Wildman–Crippen LogP) is 3.66. The quantitative estimate of drug-likeness (QED) is 0.657. The van der Waals surface area contributed by atoms with Gasteiger partial charge in [0, 0.05) is 58.7 Å². The van der Waals surface area contributed by atoms with Crippen molar-refractivity contribution in [3.05, 3.63) is 23.8 Å². The van der Waals surface area contributed by atoms with Gasteiger partial charge < -0.3 is 24.4 Å². The van der Waals surface area contributed by atoms with Crippen LogP contribution in [0, 0.1) is 11.8 Å². The summed E-state index contributed by atoms with van der Waals surface area (Å²) in [4.78, 5) is 29.6. The number of carbonyl (C=O) groups is 2. The zero-order valence-electron chi connectivity index (χ0n) is 22.0. The molecule has 1 N–H and O–H groups in total. The molecular weight excluding hydrogens is 446 g/mol. The van der Waals surface area contributed by atoms with E-state index in [1.165, 1.54) is 39.2 Å². The highest BCUT2D eigenvalue weighted by atomic mass is 16.5. The summed E-state index contributed by atoms with van der Waals surface area (Å²) in [6, 6.07) is 5.35. The smallest absolute Gasteiger partial charge is 0.257 e. The van der Waals surface area contributed by atoms with E-state index in [1.807, 2.05) is 0 Å². The van der Waals surface area contributed by atoms with Crippen molar-refractivity contribution in [2.24, 2.45) is 11.8 Å². The van der Waals surface area contributed by atoms with Crippen LogP contribution in [0.3, 0.4) is 0 Å². The second kappa shape index (κ2) is 13.2. The summed E-state index contributed by atoms with van der Waals surface area (Å²) in [5.41, 5.74) is 1.05. The third-order valence-electron chi connectivity index (χ3n) is 7.35. The fraction of sp³-hybridized carbons (Fsp3) is 0.704. The minimum absolute atomic E-state index is 0.0383. The Morgan fingerprint density at radius 1 is 1.14 bits per heavy atom. The standard InChI is InChI=1S/C27H43N3O5/c1-19-14-30(15-21-9-7-6-8-10-21)20(2)17-35-24-13-22(28-26(31)18-33-4)11-12-23(24)27(32)29(3)16-25(19)34-5/h11-13,19-21,25H,6-10,14-18H2,1-5H3,(H,28,31)/t19-,20+,25+/m1/s1. The fourth-order valence-corrected chi connectivity index (χ4v) is 5.21. The van der Waals surface area contributed by atoms with Gasteiger partial charge in [-0.3, -0.25) is 14.5 Å². The number of ether oxygens (including phenoxy) is 3. The van der Waals surface area contributed by atoms with E-state index in [0.29, 0.717) is 36.1 Å². The number of amides is 2. The Bertz CT molecular complexity index is 842. The van der Waals surface area contributed by atoms with Crippen molar-refractivity contribution in [2.75, 3.05) is 59.4 Å². The van der Waals surface area contributed by atoms with Crippen LogP contribution in [0.25, 0.3) is 0 Å². The number of likely N-dealkylation sites (N-methyl/N-ethyl adjacent to an activating group) is 1. The van der Waals surface area contributed by atoms with Gasteiger partial charge in [0.1, 0.15) is 19.0 Å². The number of carbonyl (C=O) groups excluding carboxylic acids is 2. The van der Waals surface area contributed by atoms with Crippen LogP contribution in [0.2, 0.25) is 0 Å². The highest BCUT2D eigenvalue weighted by molar-refractivity contribution is 5.98. The maximum Gasteiger partial charge on any atom is 0.257 e. The Hall–Kier alpha value is -2.16. The number of fused-ring (bicyclic) bond motifs is 1. The molecule has 1 saturated carbocycles. The van der Waals surface area contributed by atoms with Crippen molar-refractivity contribution < 1.29 is 23.8 Å². The first-order chi connectivity index (χ1) is 16.8. The summed E-state index contributed by atoms with van der Waals surface area (Å²) in [7, 11) is 5.00. The summed E-state index contributed by atoms with van der Waals surface area (Å²) >= 11 is 0. The van der Waals surface area contributed by atoms with Crippen LogP contribution in [0.4, 0.5) is 5.69 Å². The molecule has 0 saturated heterocycles. The minimum Gasteiger partial charge on any atom is -0.491 e. The van der Waals surface area contributed by atoms with E-state index in [-0.39, 0.29) is 36.5 Å². The lowest BCUT2D eigenvalue weighted by molar-refractivity contribution is -0.119. The van der Waals surface area contributed by atoms with Gasteiger partial charge in [0.2, 0.25) is 5.91 Å². The number of nitrogens with one attached hydrogen (secondary N) is 1. The molecule has 2 amide bonds. The molecule has 0 unspecified atom stereocenters. The molecule has 0 radical (unpaired) electrons. The number of anilines is 1. The molecule has 1 aliphatic carbocycles. The first-order valence-corrected chi connectivity index (χ1v) is 12.9. The Labute approximate surface area is 210 Å². The monoisotopic (exact) mass is 489 g/mol. The van der Waals surface area contributed by atoms with Crippen LogP contribution >= 0.6 is 0 Å². The Morgan fingerprint density at radius 3 is 2.57 bits per heavy atom. The van der Waals surface area contributed by atoms with Gasteiger partial charge in [-0.1, -0.05) is 26.2 Å². The molecule has 8 heteroatoms. The van der Waals surface area contributed by atoms with E-state index in [4.69, 9.17) is 14.2 Å². The SMILES string of the molecule is COCC(=O)Nc1ccc2c(c1)OC[C@H](C)N(CC1CCCCC1)C[C@@H](C)[C@@H](OC)CN(C)C2=O. The predicted molar refractivity (Wildman–Crippen MR) is 137 cm³/mol. The Kier molecular flexibility index (Phi) is 10.4. The third-order valence-corrected chi connectivity index (χ3v) is 7.35. The van der Waals surface area contributed by atoms with Crippen molar-refractivity contribution >= 4 is 17.5 Å². The third kappa shape index (κ3) is 7.66. The van der Waals surface area contributed by atoms with Crippen molar-refractivity contribution in [3.63, 3.8) is 0 Å². The average Bonchev–Trinajstić information content (AvgIpc) is 2.85. The van der Waals surface area contributed by atoms with Crippen molar-refractivity contribution in [2.45, 2.75) is 58.1 Å². The van der Waals surface area contributed by atoms with Gasteiger partial charge in [0.05, 0.1) is 11.7 Å². The normalized spacial score (nSPS) is 25.2. The molecule has 3 rings (SSSR count). The molecule has 1 aromatic carbocycles. The lowest BCUT2D eigenvalue weighted by Crippen LogP contribution is -2.48. The number of rotatable bonds is 6. The van der Waals surface area contributed by atoms with Crippen LogP contribution in [0.15, 0.2) is 18.2 Å². The minimum atomic E-state index is -0.256. The Morgan fingerprint density at radius 2 is 1.89 bits per heavy atom. The summed E-state index contributed by atoms with van der Waals surface area (Å²) in [5, 5.41) is 2.80. The van der Waals surface area contributed by atoms with E-state index >= 15 is 0 Å². The summed E-state index contributed by atoms with van der Waals surface area (Å²) in [6.07, 6.45) is 6.49. The maximum atomic E-state index is 13.3. The summed E-state index contributed by atoms with van der Waals surface area (Å²) in [5.74, 6) is 1.07. The van der Waals surface area contributed by atoms with Crippen molar-refractivity contribution in [1.29, 1.82) is 0 Å². The average molecular weight is 490 g/mol. The van der Waals surface area contributed by atoms with E-state index in [1.54, 1.807) is 37.3 Å². The lowest BCUT2D eigenvalue weighted by atomic mass is 9.88. The van der Waals surface area contributed by atoms with Gasteiger partial charge in [-0.15, -0.1) is 0 Å². The largest absolute Gasteiger partial charge is 0.491 e. The zero-order chi connectivity index (χ0) is 25.4. The van der Waals surface area contributed by atoms with Gasteiger partial charge in [-0.2, -0.15) is 0 Å². The zero-order valence-corrected chi connectivity index (χ0v) is 22.0. The summed E-state index contributed by atoms with van der Waals surface area (Å²) < 4.78 is 17.0. The second-order valence-electron chi connectivity index (χ2n) is 10.2. The van der Waals surface area contributed by atoms with Gasteiger partial charge in [0.25, 0.3) is 5.91 Å². The van der Waals surface area contributed by atoms with E-state index in [2.05, 4.69) is 24.1 Å². The lowest BCUT2D eigenvalue weighted by Gasteiger charge is -2.38. The first-order valence-electron chi connectivity index (χ1n) is 12.9. The van der Waals surface area contributed by atoms with Crippen LogP contribution < -0.4 is 10.1 Å². The molecule has 8 nitrogen and oxygen atoms in total. The number of hydrogen-bond acceptors (Lipinski definition) is 6. The molecule has 1 heterocycles. The molecule has 0 aromatic heterocycles. The fourth-order valence-electron chi connectivity index (χ4n) is 5.21. The van der Waals surface area contributed by atoms with Crippen LogP contribution in [0.5, 0.6) is 5.75 Å². The molecule has 2 aliphatic rings. The summed E-state index contributed by atoms with van der Waals surface area (Å²) in [6.45, 7) is 7.26. The van der Waals surface area contributed by atoms with Crippen molar-refractivity contribution in [1.82, 2.24) is 9.80 Å². The Balaban J connectivity index is 1.88. The van der Waals surface area contributed by atoms with Gasteiger partial charge in [-0.05, 0) is 43.7 Å². The van der Waals surface area contributed by atoms with Crippen LogP contribution in [-0.2, 0) is 14.3 Å². The highest BCUT2D eigenvalue weighted by Crippen LogP contribution is 2.29. The van der Waals surface area contributed by atoms with E-state index < -0.39 is 0 Å². The van der Waals surface area contributed by atoms with Gasteiger partial charge in [-0.25, -0.2) is 0 Å². The van der Waals surface area contributed by atoms with Crippen molar-refractivity contribution in [3.8, 4) is 5.75 Å².